The molecule has 0 atom stereocenters. The van der Waals surface area contributed by atoms with Crippen molar-refractivity contribution in [3.63, 3.8) is 0 Å². The van der Waals surface area contributed by atoms with E-state index < -0.39 is 66.0 Å². The molecular weight excluding hydrogens is 912 g/mol. The van der Waals surface area contributed by atoms with Gasteiger partial charge < -0.3 is 13.9 Å². The second-order valence-corrected chi connectivity index (χ2v) is 13.1. The molecule has 0 aliphatic rings. The quantitative estimate of drug-likeness (QED) is 0.118. The van der Waals surface area contributed by atoms with Crippen LogP contribution in [0.25, 0.3) is 78.2 Å². The first-order valence-electron chi connectivity index (χ1n) is 23.1. The zero-order valence-electron chi connectivity index (χ0n) is 40.4. The summed E-state index contributed by atoms with van der Waals surface area (Å²) in [6.45, 7) is 0. The summed E-state index contributed by atoms with van der Waals surface area (Å²) in [6, 6.07) is 34.9. The fraction of sp³-hybridized carbons (Fsp3) is 0. The minimum Gasteiger partial charge on any atom is -0.510 e. The molecule has 0 fully saturated rings. The van der Waals surface area contributed by atoms with Gasteiger partial charge in [-0.3, -0.25) is 13.8 Å². The first kappa shape index (κ1) is 26.5. The summed E-state index contributed by atoms with van der Waals surface area (Å²) < 4.78 is 100.0. The molecule has 0 aliphatic heterocycles. The number of nitrogens with zero attached hydrogens (tertiary/aromatic N) is 6. The van der Waals surface area contributed by atoms with E-state index >= 15 is 0 Å². The summed E-state index contributed by atoms with van der Waals surface area (Å²) in [6.07, 6.45) is 4.97. The van der Waals surface area contributed by atoms with Gasteiger partial charge in [-0.05, 0) is 63.2 Å². The molecule has 0 N–H and O–H groups in total. The molecule has 11 aromatic rings. The molecule has 284 valence electrons. The largest absolute Gasteiger partial charge is 0.510 e. The second-order valence-electron chi connectivity index (χ2n) is 13.1. The maximum absolute atomic E-state index is 13.3. The summed E-state index contributed by atoms with van der Waals surface area (Å²) >= 11 is 0. The molecule has 4 heterocycles. The second kappa shape index (κ2) is 14.8. The van der Waals surface area contributed by atoms with Crippen molar-refractivity contribution in [3.8, 4) is 50.8 Å². The molecule has 59 heavy (non-hydrogen) atoms. The summed E-state index contributed by atoms with van der Waals surface area (Å²) in [5, 5.41) is 0.335. The van der Waals surface area contributed by atoms with Crippen molar-refractivity contribution in [3.05, 3.63) is 211 Å². The molecule has 11 rings (SSSR count). The summed E-state index contributed by atoms with van der Waals surface area (Å²) in [7, 11) is 0. The third-order valence-electron chi connectivity index (χ3n) is 9.76. The molecule has 0 saturated carbocycles. The Balaban J connectivity index is 0.00000553. The van der Waals surface area contributed by atoms with Gasteiger partial charge in [0, 0.05) is 44.4 Å². The van der Waals surface area contributed by atoms with Crippen LogP contribution in [-0.4, -0.2) is 23.5 Å². The van der Waals surface area contributed by atoms with Crippen LogP contribution in [0.2, 0.25) is 0 Å². The number of fused-ring (bicyclic) bond motifs is 6. The van der Waals surface area contributed by atoms with Gasteiger partial charge in [0.05, 0.1) is 35.8 Å². The van der Waals surface area contributed by atoms with Crippen LogP contribution < -0.4 is 14.9 Å². The molecule has 0 aliphatic carbocycles. The Morgan fingerprint density at radius 1 is 0.661 bits per heavy atom. The van der Waals surface area contributed by atoms with Gasteiger partial charge in [-0.1, -0.05) is 121 Å². The minimum atomic E-state index is -0.587. The van der Waals surface area contributed by atoms with Gasteiger partial charge in [0.2, 0.25) is 5.78 Å². The molecule has 0 bridgehead atoms. The Morgan fingerprint density at radius 3 is 2.12 bits per heavy atom. The SMILES string of the molecule is [2H]c1c([2H])c([2H])c(-c2cccc(-c3c([2H])c([2H])c([2H])c([2H])c3[2H])c2-[n+]2[c-]n(-c3[c-]c(Oc4[c-]c5c(cc4)n(-c4ccccc4)c4nc(=O)c6cccnc6n54)ccc3)c3ccccc32)c([2H])c1[2H].[Pt]. The van der Waals surface area contributed by atoms with Crippen LogP contribution in [0.4, 0.5) is 0 Å². The van der Waals surface area contributed by atoms with Gasteiger partial charge in [0.25, 0.3) is 11.9 Å². The maximum Gasteiger partial charge on any atom is 0.283 e. The third-order valence-corrected chi connectivity index (χ3v) is 9.76. The van der Waals surface area contributed by atoms with Gasteiger partial charge in [0.1, 0.15) is 0 Å². The van der Waals surface area contributed by atoms with Crippen molar-refractivity contribution in [1.82, 2.24) is 23.5 Å². The number of ether oxygens (including phenoxy) is 1. The number of aromatic nitrogens is 6. The predicted molar refractivity (Wildman–Crippen MR) is 226 cm³/mol. The predicted octanol–water partition coefficient (Wildman–Crippen LogP) is 9.93. The van der Waals surface area contributed by atoms with E-state index in [9.17, 15) is 4.79 Å². The van der Waals surface area contributed by atoms with E-state index in [1.54, 1.807) is 86.5 Å². The van der Waals surface area contributed by atoms with Crippen molar-refractivity contribution in [1.29, 1.82) is 0 Å². The number of rotatable bonds is 7. The van der Waals surface area contributed by atoms with Crippen LogP contribution in [0.3, 0.4) is 0 Å². The van der Waals surface area contributed by atoms with Gasteiger partial charge in [0.15, 0.2) is 5.65 Å². The van der Waals surface area contributed by atoms with Crippen molar-refractivity contribution < 1.29 is 44.1 Å². The molecule has 0 saturated heterocycles. The Bertz CT molecular complexity index is 3870. The summed E-state index contributed by atoms with van der Waals surface area (Å²) in [5.74, 6) is 0.943. The molecule has 8 nitrogen and oxygen atoms in total. The average Bonchev–Trinajstić information content (AvgIpc) is 3.90. The summed E-state index contributed by atoms with van der Waals surface area (Å²) in [5.41, 5.74) is 3.58. The monoisotopic (exact) mass is 951 g/mol. The number of benzene rings is 7. The Morgan fingerprint density at radius 2 is 1.36 bits per heavy atom. The maximum atomic E-state index is 13.3. The molecule has 7 aromatic carbocycles. The normalized spacial score (nSPS) is 13.7. The van der Waals surface area contributed by atoms with Gasteiger partial charge in [-0.25, -0.2) is 4.98 Å². The topological polar surface area (TPSA) is 70.2 Å². The number of hydrogen-bond acceptors (Lipinski definition) is 4. The Kier molecular flexibility index (Phi) is 6.66. The van der Waals surface area contributed by atoms with Crippen molar-refractivity contribution in [2.24, 2.45) is 0 Å². The van der Waals surface area contributed by atoms with Crippen molar-refractivity contribution >= 4 is 38.9 Å². The number of hydrogen-bond donors (Lipinski definition) is 0. The van der Waals surface area contributed by atoms with E-state index in [1.165, 1.54) is 0 Å². The van der Waals surface area contributed by atoms with Crippen LogP contribution in [0.15, 0.2) is 187 Å². The number of imidazole rings is 2. The van der Waals surface area contributed by atoms with Crippen LogP contribution in [0, 0.1) is 18.5 Å². The van der Waals surface area contributed by atoms with Crippen LogP contribution in [0.1, 0.15) is 13.7 Å². The molecule has 0 radical (unpaired) electrons. The van der Waals surface area contributed by atoms with E-state index in [1.807, 2.05) is 53.1 Å². The fourth-order valence-electron chi connectivity index (χ4n) is 7.31. The van der Waals surface area contributed by atoms with Crippen molar-refractivity contribution in [2.75, 3.05) is 0 Å². The molecular formula is C50H30N6O2Pt-2. The zero-order chi connectivity index (χ0) is 47.3. The minimum absolute atomic E-state index is 0. The van der Waals surface area contributed by atoms with E-state index in [2.05, 4.69) is 28.4 Å². The van der Waals surface area contributed by atoms with Crippen LogP contribution in [-0.2, 0) is 21.1 Å². The molecule has 0 unspecified atom stereocenters. The molecule has 4 aromatic heterocycles. The van der Waals surface area contributed by atoms with E-state index in [-0.39, 0.29) is 54.8 Å². The summed E-state index contributed by atoms with van der Waals surface area (Å²) in [4.78, 5) is 22.3. The van der Waals surface area contributed by atoms with E-state index in [4.69, 9.17) is 18.4 Å². The van der Waals surface area contributed by atoms with Crippen LogP contribution in [0.5, 0.6) is 11.5 Å². The Labute approximate surface area is 366 Å². The fourth-order valence-corrected chi connectivity index (χ4v) is 7.31. The van der Waals surface area contributed by atoms with E-state index in [0.29, 0.717) is 50.3 Å². The number of para-hydroxylation sites is 4. The number of pyridine rings is 1. The zero-order valence-corrected chi connectivity index (χ0v) is 32.6. The van der Waals surface area contributed by atoms with E-state index in [0.717, 1.165) is 5.69 Å². The van der Waals surface area contributed by atoms with Crippen LogP contribution >= 0.6 is 0 Å². The molecule has 0 amide bonds. The first-order chi connectivity index (χ1) is 32.8. The molecule has 9 heteroatoms. The first-order valence-corrected chi connectivity index (χ1v) is 18.1. The van der Waals surface area contributed by atoms with Gasteiger partial charge in [-0.15, -0.1) is 30.3 Å². The standard InChI is InChI=1S/C50H30N6O2.Pt/c57-49-42-25-14-30-51-48(42)56-46-32-39(28-29-45(46)55(50(56)52-49)36-19-8-3-9-20-36)58-38-22-12-21-37(31-38)53-33-54(44-27-11-10-26-43(44)53)47-40(34-15-4-1-5-16-34)23-13-24-41(47)35-17-6-2-7-18-35;/h1-30H;/q-2;/i1D,2D,4D,5D,6D,7D,15D,16D,17D,18D;. The third kappa shape index (κ3) is 6.13. The smallest absolute Gasteiger partial charge is 0.283 e. The Hall–Kier alpha value is -7.41. The van der Waals surface area contributed by atoms with Gasteiger partial charge >= 0.3 is 0 Å². The van der Waals surface area contributed by atoms with Gasteiger partial charge in [-0.2, -0.15) is 17.1 Å². The molecule has 0 spiro atoms. The van der Waals surface area contributed by atoms with Crippen molar-refractivity contribution in [2.45, 2.75) is 0 Å². The average molecular weight is 952 g/mol.